The normalized spacial score (nSPS) is 10.1. The highest BCUT2D eigenvalue weighted by molar-refractivity contribution is 7.10. The zero-order valence-electron chi connectivity index (χ0n) is 11.3. The smallest absolute Gasteiger partial charge is 0.339 e. The summed E-state index contributed by atoms with van der Waals surface area (Å²) in [4.78, 5) is 26.5. The Morgan fingerprint density at radius 2 is 1.95 bits per heavy atom. The molecule has 0 unspecified atom stereocenters. The van der Waals surface area contributed by atoms with E-state index in [9.17, 15) is 9.59 Å². The van der Waals surface area contributed by atoms with E-state index in [4.69, 9.17) is 4.74 Å². The van der Waals surface area contributed by atoms with Crippen molar-refractivity contribution in [3.8, 4) is 0 Å². The summed E-state index contributed by atoms with van der Waals surface area (Å²) in [5, 5.41) is 1.94. The molecule has 0 aliphatic carbocycles. The number of methoxy groups -OCH3 is 1. The number of carbonyl (C=O) groups excluding carboxylic acids is 2. The molecule has 0 aliphatic heterocycles. The summed E-state index contributed by atoms with van der Waals surface area (Å²) in [5.41, 5.74) is 0.943. The second-order valence-electron chi connectivity index (χ2n) is 4.22. The van der Waals surface area contributed by atoms with Crippen molar-refractivity contribution in [2.75, 3.05) is 19.1 Å². The van der Waals surface area contributed by atoms with Crippen molar-refractivity contribution < 1.29 is 14.3 Å². The van der Waals surface area contributed by atoms with Crippen molar-refractivity contribution in [1.29, 1.82) is 0 Å². The molecule has 4 nitrogen and oxygen atoms in total. The average Bonchev–Trinajstić information content (AvgIpc) is 2.98. The fourth-order valence-electron chi connectivity index (χ4n) is 1.86. The molecular weight excluding hydrogens is 274 g/mol. The number of carbonyl (C=O) groups is 2. The van der Waals surface area contributed by atoms with E-state index in [-0.39, 0.29) is 5.91 Å². The third kappa shape index (κ3) is 3.05. The van der Waals surface area contributed by atoms with Crippen LogP contribution in [0.4, 0.5) is 5.69 Å². The van der Waals surface area contributed by atoms with E-state index in [1.807, 2.05) is 17.5 Å². The molecule has 104 valence electrons. The fraction of sp³-hybridized carbons (Fsp3) is 0.200. The number of hydrogen-bond donors (Lipinski definition) is 0. The van der Waals surface area contributed by atoms with Gasteiger partial charge in [0.1, 0.15) is 0 Å². The van der Waals surface area contributed by atoms with Crippen LogP contribution < -0.4 is 4.90 Å². The first-order chi connectivity index (χ1) is 9.63. The zero-order chi connectivity index (χ0) is 14.5. The number of thiophene rings is 1. The van der Waals surface area contributed by atoms with Gasteiger partial charge >= 0.3 is 5.97 Å². The molecule has 0 saturated heterocycles. The maximum atomic E-state index is 12.3. The summed E-state index contributed by atoms with van der Waals surface area (Å²) in [7, 11) is 2.99. The number of amides is 1. The summed E-state index contributed by atoms with van der Waals surface area (Å²) in [5.74, 6) is -0.514. The Labute approximate surface area is 121 Å². The van der Waals surface area contributed by atoms with Crippen molar-refractivity contribution >= 4 is 28.9 Å². The highest BCUT2D eigenvalue weighted by Gasteiger charge is 2.19. The van der Waals surface area contributed by atoms with E-state index in [0.717, 1.165) is 4.88 Å². The molecule has 20 heavy (non-hydrogen) atoms. The number of nitrogens with zero attached hydrogens (tertiary/aromatic N) is 1. The first kappa shape index (κ1) is 14.3. The lowest BCUT2D eigenvalue weighted by Crippen LogP contribution is -2.29. The molecule has 0 bridgehead atoms. The summed E-state index contributed by atoms with van der Waals surface area (Å²) in [6.45, 7) is 0. The van der Waals surface area contributed by atoms with Gasteiger partial charge in [-0.2, -0.15) is 0 Å². The molecule has 0 atom stereocenters. The lowest BCUT2D eigenvalue weighted by Gasteiger charge is -2.19. The largest absolute Gasteiger partial charge is 0.465 e. The second kappa shape index (κ2) is 6.34. The van der Waals surface area contributed by atoms with Crippen LogP contribution in [0.25, 0.3) is 0 Å². The number of para-hydroxylation sites is 1. The third-order valence-electron chi connectivity index (χ3n) is 2.95. The molecular formula is C15H15NO3S. The Kier molecular flexibility index (Phi) is 4.53. The molecule has 1 aromatic heterocycles. The van der Waals surface area contributed by atoms with Gasteiger partial charge < -0.3 is 9.64 Å². The minimum atomic E-state index is -0.448. The van der Waals surface area contributed by atoms with Crippen LogP contribution in [0, 0.1) is 0 Å². The van der Waals surface area contributed by atoms with Crippen LogP contribution in [0.15, 0.2) is 41.8 Å². The molecule has 5 heteroatoms. The lowest BCUT2D eigenvalue weighted by molar-refractivity contribution is -0.117. The van der Waals surface area contributed by atoms with Gasteiger partial charge in [-0.05, 0) is 23.6 Å². The van der Waals surface area contributed by atoms with Gasteiger partial charge in [-0.25, -0.2) is 4.79 Å². The number of benzene rings is 1. The van der Waals surface area contributed by atoms with Crippen LogP contribution in [0.2, 0.25) is 0 Å². The number of esters is 1. The Morgan fingerprint density at radius 3 is 2.60 bits per heavy atom. The molecule has 0 saturated carbocycles. The molecule has 0 spiro atoms. The van der Waals surface area contributed by atoms with Gasteiger partial charge in [0.25, 0.3) is 0 Å². The summed E-state index contributed by atoms with van der Waals surface area (Å²) in [6.07, 6.45) is 0.323. The highest BCUT2D eigenvalue weighted by Crippen LogP contribution is 2.21. The van der Waals surface area contributed by atoms with Gasteiger partial charge in [0.05, 0.1) is 24.8 Å². The number of hydrogen-bond acceptors (Lipinski definition) is 4. The highest BCUT2D eigenvalue weighted by atomic mass is 32.1. The molecule has 2 aromatic rings. The summed E-state index contributed by atoms with van der Waals surface area (Å²) < 4.78 is 4.74. The Balaban J connectivity index is 2.22. The minimum absolute atomic E-state index is 0.0659. The molecule has 1 heterocycles. The Morgan fingerprint density at radius 1 is 1.20 bits per heavy atom. The molecule has 0 radical (unpaired) electrons. The minimum Gasteiger partial charge on any atom is -0.465 e. The monoisotopic (exact) mass is 289 g/mol. The Bertz CT molecular complexity index is 607. The van der Waals surface area contributed by atoms with Crippen molar-refractivity contribution in [2.45, 2.75) is 6.42 Å². The number of ether oxygens (including phenoxy) is 1. The van der Waals surface area contributed by atoms with E-state index >= 15 is 0 Å². The van der Waals surface area contributed by atoms with Gasteiger partial charge in [-0.3, -0.25) is 4.79 Å². The first-order valence-electron chi connectivity index (χ1n) is 6.09. The zero-order valence-corrected chi connectivity index (χ0v) is 12.1. The number of anilines is 1. The van der Waals surface area contributed by atoms with Crippen molar-refractivity contribution in [3.05, 3.63) is 52.2 Å². The van der Waals surface area contributed by atoms with Gasteiger partial charge in [-0.1, -0.05) is 18.2 Å². The SMILES string of the molecule is COC(=O)c1ccccc1N(C)C(=O)Cc1cccs1. The van der Waals surface area contributed by atoms with Crippen molar-refractivity contribution in [2.24, 2.45) is 0 Å². The van der Waals surface area contributed by atoms with E-state index in [0.29, 0.717) is 17.7 Å². The number of rotatable bonds is 4. The molecule has 2 rings (SSSR count). The average molecular weight is 289 g/mol. The predicted octanol–water partition coefficient (Wildman–Crippen LogP) is 2.74. The van der Waals surface area contributed by atoms with Crippen LogP contribution in [0.5, 0.6) is 0 Å². The standard InChI is InChI=1S/C15H15NO3S/c1-16(14(17)10-11-6-5-9-20-11)13-8-4-3-7-12(13)15(18)19-2/h3-9H,10H2,1-2H3. The van der Waals surface area contributed by atoms with E-state index in [1.54, 1.807) is 31.3 Å². The maximum absolute atomic E-state index is 12.3. The fourth-order valence-corrected chi connectivity index (χ4v) is 2.56. The first-order valence-corrected chi connectivity index (χ1v) is 6.97. The molecule has 0 fully saturated rings. The maximum Gasteiger partial charge on any atom is 0.339 e. The lowest BCUT2D eigenvalue weighted by atomic mass is 10.1. The summed E-state index contributed by atoms with van der Waals surface area (Å²) >= 11 is 1.54. The van der Waals surface area contributed by atoms with Crippen molar-refractivity contribution in [3.63, 3.8) is 0 Å². The summed E-state index contributed by atoms with van der Waals surface area (Å²) in [6, 6.07) is 10.7. The van der Waals surface area contributed by atoms with E-state index < -0.39 is 5.97 Å². The van der Waals surface area contributed by atoms with Gasteiger partial charge in [0.15, 0.2) is 0 Å². The molecule has 1 aromatic carbocycles. The predicted molar refractivity (Wildman–Crippen MR) is 79.2 cm³/mol. The Hall–Kier alpha value is -2.14. The van der Waals surface area contributed by atoms with E-state index in [2.05, 4.69) is 0 Å². The molecule has 1 amide bonds. The van der Waals surface area contributed by atoms with Crippen LogP contribution in [-0.4, -0.2) is 26.0 Å². The molecule has 0 N–H and O–H groups in total. The van der Waals surface area contributed by atoms with E-state index in [1.165, 1.54) is 23.3 Å². The number of likely N-dealkylation sites (N-methyl/N-ethyl adjacent to an activating group) is 1. The topological polar surface area (TPSA) is 46.6 Å². The van der Waals surface area contributed by atoms with Crippen LogP contribution in [-0.2, 0) is 16.0 Å². The quantitative estimate of drug-likeness (QED) is 0.813. The van der Waals surface area contributed by atoms with Gasteiger partial charge in [0, 0.05) is 11.9 Å². The second-order valence-corrected chi connectivity index (χ2v) is 5.25. The third-order valence-corrected chi connectivity index (χ3v) is 3.83. The van der Waals surface area contributed by atoms with Gasteiger partial charge in [0.2, 0.25) is 5.91 Å². The molecule has 0 aliphatic rings. The van der Waals surface area contributed by atoms with Crippen LogP contribution >= 0.6 is 11.3 Å². The van der Waals surface area contributed by atoms with Gasteiger partial charge in [-0.15, -0.1) is 11.3 Å². The van der Waals surface area contributed by atoms with Crippen LogP contribution in [0.3, 0.4) is 0 Å². The van der Waals surface area contributed by atoms with Crippen molar-refractivity contribution in [1.82, 2.24) is 0 Å². The van der Waals surface area contributed by atoms with Crippen LogP contribution in [0.1, 0.15) is 15.2 Å².